The van der Waals surface area contributed by atoms with Gasteiger partial charge in [0.2, 0.25) is 5.91 Å². The molecule has 2 aromatic rings. The fraction of sp³-hybridized carbons (Fsp3) is 0.316. The molecule has 0 radical (unpaired) electrons. The van der Waals surface area contributed by atoms with Crippen molar-refractivity contribution >= 4 is 21.8 Å². The molecule has 3 rings (SSSR count). The summed E-state index contributed by atoms with van der Waals surface area (Å²) in [6, 6.07) is 17.4. The first kappa shape index (κ1) is 17.1. The molecule has 1 aliphatic heterocycles. The lowest BCUT2D eigenvalue weighted by molar-refractivity contribution is -0.140. The number of hydrogen-bond donors (Lipinski definition) is 1. The second kappa shape index (κ2) is 7.92. The fourth-order valence-corrected chi connectivity index (χ4v) is 3.36. The van der Waals surface area contributed by atoms with Crippen LogP contribution in [-0.4, -0.2) is 36.5 Å². The van der Waals surface area contributed by atoms with Crippen LogP contribution in [-0.2, 0) is 16.0 Å². The van der Waals surface area contributed by atoms with E-state index in [1.165, 1.54) is 0 Å². The minimum absolute atomic E-state index is 0.0119. The summed E-state index contributed by atoms with van der Waals surface area (Å²) in [5, 5.41) is 0. The van der Waals surface area contributed by atoms with Crippen molar-refractivity contribution in [1.82, 2.24) is 4.90 Å². The average molecular weight is 389 g/mol. The number of rotatable bonds is 4. The summed E-state index contributed by atoms with van der Waals surface area (Å²) in [7, 11) is 0. The molecule has 1 fully saturated rings. The number of morpholine rings is 1. The molecule has 0 spiro atoms. The molecule has 5 heteroatoms. The van der Waals surface area contributed by atoms with Crippen LogP contribution in [0.15, 0.2) is 59.1 Å². The fourth-order valence-electron chi connectivity index (χ4n) is 2.95. The van der Waals surface area contributed by atoms with Crippen molar-refractivity contribution in [3.05, 3.63) is 70.2 Å². The van der Waals surface area contributed by atoms with Gasteiger partial charge in [-0.2, -0.15) is 0 Å². The van der Waals surface area contributed by atoms with Crippen LogP contribution in [0.1, 0.15) is 17.2 Å². The lowest BCUT2D eigenvalue weighted by atomic mass is 10.0. The number of ether oxygens (including phenoxy) is 1. The van der Waals surface area contributed by atoms with Gasteiger partial charge in [-0.3, -0.25) is 4.79 Å². The Kier molecular flexibility index (Phi) is 5.66. The Morgan fingerprint density at radius 1 is 1.25 bits per heavy atom. The van der Waals surface area contributed by atoms with Crippen LogP contribution in [0.25, 0.3) is 0 Å². The van der Waals surface area contributed by atoms with Gasteiger partial charge in [-0.05, 0) is 29.7 Å². The molecule has 0 saturated carbocycles. The number of nitrogens with two attached hydrogens (primary N) is 1. The Hall–Kier alpha value is -1.69. The molecular formula is C19H21BrN2O2. The highest BCUT2D eigenvalue weighted by Crippen LogP contribution is 2.25. The number of benzene rings is 2. The quantitative estimate of drug-likeness (QED) is 0.875. The summed E-state index contributed by atoms with van der Waals surface area (Å²) in [6.07, 6.45) is 0.447. The molecule has 0 aromatic heterocycles. The maximum absolute atomic E-state index is 12.7. The minimum atomic E-state index is -0.520. The van der Waals surface area contributed by atoms with E-state index in [1.807, 2.05) is 59.5 Å². The monoisotopic (exact) mass is 388 g/mol. The molecule has 1 unspecified atom stereocenters. The molecule has 2 aromatic carbocycles. The third kappa shape index (κ3) is 4.23. The molecule has 1 aliphatic rings. The number of hydrogen-bond acceptors (Lipinski definition) is 3. The first-order valence-corrected chi connectivity index (χ1v) is 8.88. The molecule has 1 saturated heterocycles. The number of nitrogens with zero attached hydrogens (tertiary/aromatic N) is 1. The SMILES string of the molecule is N[C@@H](Cc1ccccc1)C(=O)N1CCOC(c2cccc(Br)c2)C1. The lowest BCUT2D eigenvalue weighted by Crippen LogP contribution is -2.50. The topological polar surface area (TPSA) is 55.6 Å². The molecule has 126 valence electrons. The van der Waals surface area contributed by atoms with Crippen molar-refractivity contribution in [3.63, 3.8) is 0 Å². The first-order chi connectivity index (χ1) is 11.6. The Morgan fingerprint density at radius 2 is 2.04 bits per heavy atom. The van der Waals surface area contributed by atoms with E-state index in [9.17, 15) is 4.79 Å². The Bertz CT molecular complexity index is 693. The predicted molar refractivity (Wildman–Crippen MR) is 97.5 cm³/mol. The van der Waals surface area contributed by atoms with Gasteiger partial charge in [-0.15, -0.1) is 0 Å². The molecule has 0 aliphatic carbocycles. The van der Waals surface area contributed by atoms with Gasteiger partial charge in [-0.1, -0.05) is 58.4 Å². The van der Waals surface area contributed by atoms with Crippen LogP contribution in [0.5, 0.6) is 0 Å². The van der Waals surface area contributed by atoms with Crippen LogP contribution in [0.2, 0.25) is 0 Å². The third-order valence-electron chi connectivity index (χ3n) is 4.21. The molecule has 4 nitrogen and oxygen atoms in total. The van der Waals surface area contributed by atoms with Crippen molar-refractivity contribution in [1.29, 1.82) is 0 Å². The Morgan fingerprint density at radius 3 is 2.79 bits per heavy atom. The number of amides is 1. The number of carbonyl (C=O) groups is 1. The normalized spacial score (nSPS) is 19.1. The van der Waals surface area contributed by atoms with E-state index in [2.05, 4.69) is 15.9 Å². The van der Waals surface area contributed by atoms with Crippen LogP contribution in [0, 0.1) is 0 Å². The van der Waals surface area contributed by atoms with E-state index in [0.29, 0.717) is 26.1 Å². The van der Waals surface area contributed by atoms with Crippen molar-refractivity contribution < 1.29 is 9.53 Å². The van der Waals surface area contributed by atoms with Gasteiger partial charge in [0.1, 0.15) is 6.10 Å². The second-order valence-electron chi connectivity index (χ2n) is 5.99. The summed E-state index contributed by atoms with van der Waals surface area (Å²) in [5.74, 6) is -0.0119. The summed E-state index contributed by atoms with van der Waals surface area (Å²) < 4.78 is 6.85. The van der Waals surface area contributed by atoms with Gasteiger partial charge in [0.05, 0.1) is 19.2 Å². The lowest BCUT2D eigenvalue weighted by Gasteiger charge is -2.34. The van der Waals surface area contributed by atoms with Gasteiger partial charge in [0, 0.05) is 11.0 Å². The van der Waals surface area contributed by atoms with E-state index < -0.39 is 6.04 Å². The summed E-state index contributed by atoms with van der Waals surface area (Å²) in [5.41, 5.74) is 8.30. The van der Waals surface area contributed by atoms with Crippen LogP contribution in [0.4, 0.5) is 0 Å². The first-order valence-electron chi connectivity index (χ1n) is 8.09. The average Bonchev–Trinajstić information content (AvgIpc) is 2.62. The smallest absolute Gasteiger partial charge is 0.240 e. The molecule has 2 N–H and O–H groups in total. The van der Waals surface area contributed by atoms with E-state index in [0.717, 1.165) is 15.6 Å². The molecule has 1 heterocycles. The summed E-state index contributed by atoms with van der Waals surface area (Å²) in [4.78, 5) is 14.5. The van der Waals surface area contributed by atoms with Crippen molar-refractivity contribution in [2.24, 2.45) is 5.73 Å². The second-order valence-corrected chi connectivity index (χ2v) is 6.91. The van der Waals surface area contributed by atoms with Gasteiger partial charge >= 0.3 is 0 Å². The summed E-state index contributed by atoms with van der Waals surface area (Å²) >= 11 is 3.48. The predicted octanol–water partition coefficient (Wildman–Crippen LogP) is 2.92. The highest BCUT2D eigenvalue weighted by Gasteiger charge is 2.28. The van der Waals surface area contributed by atoms with Gasteiger partial charge in [0.15, 0.2) is 0 Å². The van der Waals surface area contributed by atoms with Crippen LogP contribution in [0.3, 0.4) is 0 Å². The maximum Gasteiger partial charge on any atom is 0.240 e. The van der Waals surface area contributed by atoms with Crippen molar-refractivity contribution in [3.8, 4) is 0 Å². The van der Waals surface area contributed by atoms with Crippen molar-refractivity contribution in [2.75, 3.05) is 19.7 Å². The zero-order valence-corrected chi connectivity index (χ0v) is 15.0. The molecule has 0 bridgehead atoms. The van der Waals surface area contributed by atoms with Crippen LogP contribution < -0.4 is 5.73 Å². The van der Waals surface area contributed by atoms with Gasteiger partial charge in [-0.25, -0.2) is 0 Å². The molecule has 2 atom stereocenters. The Labute approximate surface area is 150 Å². The largest absolute Gasteiger partial charge is 0.370 e. The van der Waals surface area contributed by atoms with E-state index in [1.54, 1.807) is 0 Å². The highest BCUT2D eigenvalue weighted by molar-refractivity contribution is 9.10. The zero-order valence-electron chi connectivity index (χ0n) is 13.4. The molecular weight excluding hydrogens is 368 g/mol. The van der Waals surface area contributed by atoms with Gasteiger partial charge in [0.25, 0.3) is 0 Å². The van der Waals surface area contributed by atoms with E-state index in [4.69, 9.17) is 10.5 Å². The zero-order chi connectivity index (χ0) is 16.9. The maximum atomic E-state index is 12.7. The number of halogens is 1. The number of carbonyl (C=O) groups excluding carboxylic acids is 1. The minimum Gasteiger partial charge on any atom is -0.370 e. The molecule has 1 amide bonds. The summed E-state index contributed by atoms with van der Waals surface area (Å²) in [6.45, 7) is 1.66. The molecule has 24 heavy (non-hydrogen) atoms. The van der Waals surface area contributed by atoms with Crippen molar-refractivity contribution in [2.45, 2.75) is 18.6 Å². The van der Waals surface area contributed by atoms with Gasteiger partial charge < -0.3 is 15.4 Å². The van der Waals surface area contributed by atoms with E-state index >= 15 is 0 Å². The Balaban J connectivity index is 1.64. The van der Waals surface area contributed by atoms with E-state index in [-0.39, 0.29) is 12.0 Å². The standard InChI is InChI=1S/C19H21BrN2O2/c20-16-8-4-7-15(12-16)18-13-22(9-10-24-18)19(23)17(21)11-14-5-2-1-3-6-14/h1-8,12,17-18H,9-11,13,21H2/t17-,18?/m0/s1. The highest BCUT2D eigenvalue weighted by atomic mass is 79.9. The third-order valence-corrected chi connectivity index (χ3v) is 4.71. The van der Waals surface area contributed by atoms with Crippen LogP contribution >= 0.6 is 15.9 Å².